The van der Waals surface area contributed by atoms with Gasteiger partial charge >= 0.3 is 5.97 Å². The van der Waals surface area contributed by atoms with Crippen LogP contribution in [0, 0.1) is 0 Å². The highest BCUT2D eigenvalue weighted by Crippen LogP contribution is 2.14. The van der Waals surface area contributed by atoms with E-state index in [2.05, 4.69) is 4.72 Å². The number of carboxylic acids is 1. The molecule has 1 amide bonds. The Labute approximate surface area is 110 Å². The molecule has 0 spiro atoms. The zero-order valence-electron chi connectivity index (χ0n) is 10.4. The molecule has 4 N–H and O–H groups in total. The molecule has 0 aliphatic carbocycles. The molecular formula is C11H14N2O5S. The molecular weight excluding hydrogens is 272 g/mol. The lowest BCUT2D eigenvalue weighted by atomic mass is 10.1. The minimum atomic E-state index is -3.95. The van der Waals surface area contributed by atoms with E-state index in [4.69, 9.17) is 10.8 Å². The smallest absolute Gasteiger partial charge is 0.335 e. The Balaban J connectivity index is 3.08. The number of amides is 1. The van der Waals surface area contributed by atoms with Crippen molar-refractivity contribution in [3.05, 3.63) is 29.8 Å². The van der Waals surface area contributed by atoms with Crippen LogP contribution in [0.25, 0.3) is 0 Å². The molecule has 0 fully saturated rings. The van der Waals surface area contributed by atoms with Gasteiger partial charge in [-0.05, 0) is 38.1 Å². The Kier molecular flexibility index (Phi) is 3.97. The number of aromatic carboxylic acids is 1. The van der Waals surface area contributed by atoms with Gasteiger partial charge < -0.3 is 10.8 Å². The van der Waals surface area contributed by atoms with Crippen molar-refractivity contribution in [2.24, 2.45) is 5.73 Å². The summed E-state index contributed by atoms with van der Waals surface area (Å²) in [5.74, 6) is -1.98. The number of sulfonamides is 1. The van der Waals surface area contributed by atoms with Crippen molar-refractivity contribution in [2.45, 2.75) is 24.3 Å². The average Bonchev–Trinajstić information content (AvgIpc) is 2.27. The molecule has 1 aromatic carbocycles. The van der Waals surface area contributed by atoms with E-state index < -0.39 is 27.4 Å². The lowest BCUT2D eigenvalue weighted by Crippen LogP contribution is -2.52. The number of rotatable bonds is 5. The number of carboxylic acid groups (broad SMARTS) is 1. The molecule has 19 heavy (non-hydrogen) atoms. The van der Waals surface area contributed by atoms with Crippen LogP contribution < -0.4 is 10.5 Å². The van der Waals surface area contributed by atoms with Crippen LogP contribution in [-0.4, -0.2) is 30.9 Å². The molecule has 1 rings (SSSR count). The summed E-state index contributed by atoms with van der Waals surface area (Å²) in [7, 11) is -3.95. The van der Waals surface area contributed by atoms with Gasteiger partial charge in [-0.25, -0.2) is 13.2 Å². The molecule has 0 aliphatic rings. The fourth-order valence-corrected chi connectivity index (χ4v) is 2.61. The van der Waals surface area contributed by atoms with Crippen molar-refractivity contribution in [3.8, 4) is 0 Å². The van der Waals surface area contributed by atoms with Crippen molar-refractivity contribution >= 4 is 21.9 Å². The summed E-state index contributed by atoms with van der Waals surface area (Å²) >= 11 is 0. The fraction of sp³-hybridized carbons (Fsp3) is 0.273. The number of nitrogens with one attached hydrogen (secondary N) is 1. The third-order valence-electron chi connectivity index (χ3n) is 2.42. The average molecular weight is 286 g/mol. The van der Waals surface area contributed by atoms with Crippen LogP contribution >= 0.6 is 0 Å². The van der Waals surface area contributed by atoms with Crippen molar-refractivity contribution in [1.29, 1.82) is 0 Å². The first-order chi connectivity index (χ1) is 8.56. The van der Waals surface area contributed by atoms with Crippen molar-refractivity contribution in [2.75, 3.05) is 0 Å². The molecule has 0 radical (unpaired) electrons. The summed E-state index contributed by atoms with van der Waals surface area (Å²) in [6.07, 6.45) is 0. The van der Waals surface area contributed by atoms with E-state index in [1.807, 2.05) is 0 Å². The maximum atomic E-state index is 12.0. The van der Waals surface area contributed by atoms with Crippen molar-refractivity contribution in [3.63, 3.8) is 0 Å². The number of hydrogen-bond acceptors (Lipinski definition) is 4. The third-order valence-corrected chi connectivity index (χ3v) is 4.09. The second-order valence-corrected chi connectivity index (χ2v) is 6.11. The Bertz CT molecular complexity index is 604. The van der Waals surface area contributed by atoms with E-state index in [1.165, 1.54) is 13.8 Å². The third kappa shape index (κ3) is 3.52. The molecule has 0 aliphatic heterocycles. The number of primary amides is 1. The van der Waals surface area contributed by atoms with Gasteiger partial charge in [0.15, 0.2) is 0 Å². The zero-order chi connectivity index (χ0) is 14.8. The van der Waals surface area contributed by atoms with Crippen molar-refractivity contribution < 1.29 is 23.1 Å². The van der Waals surface area contributed by atoms with Crippen LogP contribution in [0.15, 0.2) is 29.2 Å². The SMILES string of the molecule is CC(C)(NS(=O)(=O)c1ccc(C(=O)O)cc1)C(N)=O. The molecule has 0 bridgehead atoms. The first-order valence-electron chi connectivity index (χ1n) is 5.23. The molecule has 7 nitrogen and oxygen atoms in total. The molecule has 0 aromatic heterocycles. The first kappa shape index (κ1) is 15.1. The quantitative estimate of drug-likeness (QED) is 0.698. The Morgan fingerprint density at radius 1 is 1.21 bits per heavy atom. The standard InChI is InChI=1S/C11H14N2O5S/c1-11(2,10(12)16)13-19(17,18)8-5-3-7(4-6-8)9(14)15/h3-6,13H,1-2H3,(H2,12,16)(H,14,15). The van der Waals surface area contributed by atoms with Gasteiger partial charge in [0.1, 0.15) is 5.54 Å². The van der Waals surface area contributed by atoms with Gasteiger partial charge in [-0.3, -0.25) is 4.79 Å². The largest absolute Gasteiger partial charge is 0.478 e. The summed E-state index contributed by atoms with van der Waals surface area (Å²) in [6, 6.07) is 4.61. The normalized spacial score (nSPS) is 12.1. The molecule has 0 unspecified atom stereocenters. The first-order valence-corrected chi connectivity index (χ1v) is 6.72. The van der Waals surface area contributed by atoms with Crippen LogP contribution in [0.3, 0.4) is 0 Å². The predicted molar refractivity (Wildman–Crippen MR) is 67.0 cm³/mol. The summed E-state index contributed by atoms with van der Waals surface area (Å²) in [4.78, 5) is 21.6. The predicted octanol–water partition coefficient (Wildman–Crippen LogP) is -0.0730. The van der Waals surface area contributed by atoms with E-state index in [-0.39, 0.29) is 10.5 Å². The zero-order valence-corrected chi connectivity index (χ0v) is 11.2. The second kappa shape index (κ2) is 4.98. The van der Waals surface area contributed by atoms with Crippen LogP contribution in [0.1, 0.15) is 24.2 Å². The van der Waals surface area contributed by atoms with Gasteiger partial charge in [0, 0.05) is 0 Å². The van der Waals surface area contributed by atoms with Crippen LogP contribution in [0.2, 0.25) is 0 Å². The van der Waals surface area contributed by atoms with E-state index in [0.29, 0.717) is 0 Å². The summed E-state index contributed by atoms with van der Waals surface area (Å²) in [6.45, 7) is 2.66. The van der Waals surface area contributed by atoms with E-state index in [9.17, 15) is 18.0 Å². The number of nitrogens with two attached hydrogens (primary N) is 1. The number of hydrogen-bond donors (Lipinski definition) is 3. The van der Waals surface area contributed by atoms with Crippen LogP contribution in [0.5, 0.6) is 0 Å². The number of benzene rings is 1. The van der Waals surface area contributed by atoms with Gasteiger partial charge in [0.05, 0.1) is 10.5 Å². The minimum absolute atomic E-state index is 0.0342. The van der Waals surface area contributed by atoms with Gasteiger partial charge in [-0.2, -0.15) is 4.72 Å². The Morgan fingerprint density at radius 3 is 2.05 bits per heavy atom. The van der Waals surface area contributed by atoms with Gasteiger partial charge in [0.2, 0.25) is 15.9 Å². The lowest BCUT2D eigenvalue weighted by molar-refractivity contribution is -0.122. The Hall–Kier alpha value is -1.93. The highest BCUT2D eigenvalue weighted by molar-refractivity contribution is 7.89. The van der Waals surface area contributed by atoms with E-state index >= 15 is 0 Å². The summed E-state index contributed by atoms with van der Waals surface area (Å²) in [5.41, 5.74) is 3.60. The van der Waals surface area contributed by atoms with E-state index in [0.717, 1.165) is 24.3 Å². The number of carbonyl (C=O) groups is 2. The highest BCUT2D eigenvalue weighted by atomic mass is 32.2. The highest BCUT2D eigenvalue weighted by Gasteiger charge is 2.31. The molecule has 104 valence electrons. The van der Waals surface area contributed by atoms with E-state index in [1.54, 1.807) is 0 Å². The summed E-state index contributed by atoms with van der Waals surface area (Å²) < 4.78 is 26.1. The maximum Gasteiger partial charge on any atom is 0.335 e. The second-order valence-electron chi connectivity index (χ2n) is 4.42. The molecule has 0 saturated carbocycles. The molecule has 1 aromatic rings. The summed E-state index contributed by atoms with van der Waals surface area (Å²) in [5, 5.41) is 8.71. The fourth-order valence-electron chi connectivity index (χ4n) is 1.22. The monoisotopic (exact) mass is 286 g/mol. The van der Waals surface area contributed by atoms with Crippen LogP contribution in [-0.2, 0) is 14.8 Å². The van der Waals surface area contributed by atoms with Gasteiger partial charge in [-0.15, -0.1) is 0 Å². The van der Waals surface area contributed by atoms with Gasteiger partial charge in [-0.1, -0.05) is 0 Å². The molecule has 8 heteroatoms. The van der Waals surface area contributed by atoms with Crippen molar-refractivity contribution in [1.82, 2.24) is 4.72 Å². The minimum Gasteiger partial charge on any atom is -0.478 e. The molecule has 0 saturated heterocycles. The molecule has 0 atom stereocenters. The Morgan fingerprint density at radius 2 is 1.68 bits per heavy atom. The lowest BCUT2D eigenvalue weighted by Gasteiger charge is -2.21. The topological polar surface area (TPSA) is 127 Å². The maximum absolute atomic E-state index is 12.0. The van der Waals surface area contributed by atoms with Crippen LogP contribution in [0.4, 0.5) is 0 Å². The molecule has 0 heterocycles. The number of carbonyl (C=O) groups excluding carboxylic acids is 1. The van der Waals surface area contributed by atoms with Gasteiger partial charge in [0.25, 0.3) is 0 Å².